The number of hydrogen-bond donors (Lipinski definition) is 3. The predicted octanol–water partition coefficient (Wildman–Crippen LogP) is 3.88. The fourth-order valence-electron chi connectivity index (χ4n) is 4.95. The molecule has 12 heteroatoms. The number of ether oxygens (including phenoxy) is 3. The fourth-order valence-corrected chi connectivity index (χ4v) is 4.95. The molecule has 0 bridgehead atoms. The second-order valence-electron chi connectivity index (χ2n) is 9.91. The lowest BCUT2D eigenvalue weighted by Crippen LogP contribution is -2.39. The zero-order chi connectivity index (χ0) is 29.6. The first-order chi connectivity index (χ1) is 21.1. The van der Waals surface area contributed by atoms with E-state index in [0.717, 1.165) is 16.7 Å². The minimum absolute atomic E-state index is 0.168. The summed E-state index contributed by atoms with van der Waals surface area (Å²) in [7, 11) is 1.62. The zero-order valence-electron chi connectivity index (χ0n) is 23.6. The third-order valence-electron chi connectivity index (χ3n) is 7.09. The number of carbonyl (C=O) groups is 2. The molecule has 2 saturated heterocycles. The van der Waals surface area contributed by atoms with Gasteiger partial charge in [-0.3, -0.25) is 9.78 Å². The van der Waals surface area contributed by atoms with Crippen LogP contribution in [0.4, 0.5) is 22.0 Å². The quantitative estimate of drug-likeness (QED) is 0.297. The highest BCUT2D eigenvalue weighted by atomic mass is 16.5. The maximum atomic E-state index is 12.7. The molecule has 1 atom stereocenters. The number of morpholine rings is 2. The van der Waals surface area contributed by atoms with Crippen LogP contribution in [0.3, 0.4) is 0 Å². The van der Waals surface area contributed by atoms with Crippen LogP contribution >= 0.6 is 0 Å². The van der Waals surface area contributed by atoms with Gasteiger partial charge in [-0.25, -0.2) is 14.8 Å². The molecule has 0 spiro atoms. The fraction of sp³-hybridized carbons (Fsp3) is 0.258. The minimum atomic E-state index is -0.643. The molecule has 3 amide bonds. The van der Waals surface area contributed by atoms with E-state index < -0.39 is 12.1 Å². The lowest BCUT2D eigenvalue weighted by molar-refractivity contribution is -0.138. The summed E-state index contributed by atoms with van der Waals surface area (Å²) in [6, 6.07) is 17.7. The van der Waals surface area contributed by atoms with Crippen LogP contribution in [0.25, 0.3) is 22.6 Å². The number of nitrogens with one attached hydrogen (secondary N) is 3. The van der Waals surface area contributed by atoms with Crippen LogP contribution in [0.2, 0.25) is 0 Å². The molecule has 12 nitrogen and oxygen atoms in total. The highest BCUT2D eigenvalue weighted by Gasteiger charge is 2.25. The van der Waals surface area contributed by atoms with Crippen molar-refractivity contribution >= 4 is 29.1 Å². The Hall–Kier alpha value is -5.07. The third kappa shape index (κ3) is 6.40. The summed E-state index contributed by atoms with van der Waals surface area (Å²) < 4.78 is 16.9. The number of amides is 3. The van der Waals surface area contributed by atoms with E-state index >= 15 is 0 Å². The summed E-state index contributed by atoms with van der Waals surface area (Å²) in [5, 5.41) is 8.44. The molecular weight excluding hydrogens is 550 g/mol. The normalized spacial score (nSPS) is 16.7. The number of anilines is 3. The Balaban J connectivity index is 1.19. The van der Waals surface area contributed by atoms with Gasteiger partial charge >= 0.3 is 6.03 Å². The van der Waals surface area contributed by atoms with Gasteiger partial charge in [-0.2, -0.15) is 0 Å². The van der Waals surface area contributed by atoms with E-state index in [1.54, 1.807) is 55.9 Å². The van der Waals surface area contributed by atoms with E-state index in [0.29, 0.717) is 73.9 Å². The van der Waals surface area contributed by atoms with Gasteiger partial charge in [0.15, 0.2) is 23.5 Å². The summed E-state index contributed by atoms with van der Waals surface area (Å²) in [5.74, 6) is 1.63. The third-order valence-corrected chi connectivity index (χ3v) is 7.09. The van der Waals surface area contributed by atoms with Crippen molar-refractivity contribution in [1.82, 2.24) is 20.3 Å². The van der Waals surface area contributed by atoms with Gasteiger partial charge in [0, 0.05) is 54.5 Å². The Morgan fingerprint density at radius 1 is 0.953 bits per heavy atom. The van der Waals surface area contributed by atoms with Gasteiger partial charge < -0.3 is 35.1 Å². The molecule has 3 N–H and O–H groups in total. The largest absolute Gasteiger partial charge is 0.491 e. The number of nitrogens with zero attached hydrogens (tertiary/aromatic N) is 4. The molecule has 43 heavy (non-hydrogen) atoms. The van der Waals surface area contributed by atoms with Crippen LogP contribution < -0.4 is 25.6 Å². The summed E-state index contributed by atoms with van der Waals surface area (Å²) in [4.78, 5) is 40.9. The van der Waals surface area contributed by atoms with Crippen molar-refractivity contribution in [3.63, 3.8) is 0 Å². The Morgan fingerprint density at radius 2 is 1.67 bits per heavy atom. The molecule has 0 radical (unpaired) electrons. The van der Waals surface area contributed by atoms with E-state index in [1.807, 2.05) is 24.3 Å². The van der Waals surface area contributed by atoms with E-state index in [4.69, 9.17) is 24.2 Å². The van der Waals surface area contributed by atoms with Crippen molar-refractivity contribution < 1.29 is 23.8 Å². The van der Waals surface area contributed by atoms with Crippen molar-refractivity contribution in [2.45, 2.75) is 6.10 Å². The van der Waals surface area contributed by atoms with Gasteiger partial charge in [0.1, 0.15) is 5.69 Å². The molecule has 2 aliphatic heterocycles. The Bertz CT molecular complexity index is 1580. The number of pyridine rings is 1. The molecule has 2 fully saturated rings. The van der Waals surface area contributed by atoms with Crippen LogP contribution in [0.15, 0.2) is 73.1 Å². The molecule has 0 saturated carbocycles. The monoisotopic (exact) mass is 581 g/mol. The Kier molecular flexibility index (Phi) is 8.38. The molecule has 2 aromatic heterocycles. The first-order valence-electron chi connectivity index (χ1n) is 14.0. The molecule has 4 aromatic rings. The number of methoxy groups -OCH3 is 1. The van der Waals surface area contributed by atoms with Crippen molar-refractivity contribution in [3.8, 4) is 28.4 Å². The number of hydrogen-bond acceptors (Lipinski definition) is 9. The number of aromatic nitrogens is 3. The first kappa shape index (κ1) is 28.1. The number of urea groups is 1. The molecule has 2 aliphatic rings. The number of rotatable bonds is 7. The second kappa shape index (κ2) is 12.8. The van der Waals surface area contributed by atoms with Gasteiger partial charge in [-0.05, 0) is 54.1 Å². The smallest absolute Gasteiger partial charge is 0.323 e. The molecular formula is C31H31N7O5. The molecule has 220 valence electrons. The first-order valence-corrected chi connectivity index (χ1v) is 14.0. The van der Waals surface area contributed by atoms with E-state index in [9.17, 15) is 9.59 Å². The lowest BCUT2D eigenvalue weighted by Gasteiger charge is -2.29. The highest BCUT2D eigenvalue weighted by Crippen LogP contribution is 2.38. The molecule has 4 heterocycles. The average Bonchev–Trinajstić information content (AvgIpc) is 3.06. The van der Waals surface area contributed by atoms with Gasteiger partial charge in [-0.1, -0.05) is 12.1 Å². The number of carbonyl (C=O) groups excluding carboxylic acids is 2. The molecule has 6 rings (SSSR count). The molecule has 1 unspecified atom stereocenters. The minimum Gasteiger partial charge on any atom is -0.491 e. The summed E-state index contributed by atoms with van der Waals surface area (Å²) >= 11 is 0. The summed E-state index contributed by atoms with van der Waals surface area (Å²) in [6.07, 6.45) is 2.82. The Morgan fingerprint density at radius 3 is 2.33 bits per heavy atom. The van der Waals surface area contributed by atoms with Crippen LogP contribution in [-0.2, 0) is 14.3 Å². The lowest BCUT2D eigenvalue weighted by atomic mass is 10.1. The van der Waals surface area contributed by atoms with E-state index in [-0.39, 0.29) is 5.91 Å². The molecule has 0 aliphatic carbocycles. The molecule has 2 aromatic carbocycles. The van der Waals surface area contributed by atoms with Crippen LogP contribution in [-0.4, -0.2) is 73.5 Å². The van der Waals surface area contributed by atoms with E-state index in [2.05, 4.69) is 25.8 Å². The van der Waals surface area contributed by atoms with Gasteiger partial charge in [0.05, 0.1) is 26.9 Å². The standard InChI is InChI=1S/C31H31N7O5/c1-41-27-25(22-3-2-12-32-19-22)36-28(37-29(27)38-14-17-42-18-15-38)21-6-10-24(11-7-21)35-31(40)34-23-8-4-20(5-9-23)26-30(39)33-13-16-43-26/h2-12,19,26H,13-18H2,1H3,(H,33,39)(H2,34,35,40). The van der Waals surface area contributed by atoms with Crippen LogP contribution in [0.5, 0.6) is 5.75 Å². The van der Waals surface area contributed by atoms with Crippen molar-refractivity contribution in [2.24, 2.45) is 0 Å². The van der Waals surface area contributed by atoms with Gasteiger partial charge in [0.2, 0.25) is 0 Å². The van der Waals surface area contributed by atoms with Crippen LogP contribution in [0, 0.1) is 0 Å². The average molecular weight is 582 g/mol. The second-order valence-corrected chi connectivity index (χ2v) is 9.91. The van der Waals surface area contributed by atoms with Gasteiger partial charge in [0.25, 0.3) is 5.91 Å². The van der Waals surface area contributed by atoms with Crippen molar-refractivity contribution in [2.75, 3.05) is 62.1 Å². The predicted molar refractivity (Wildman–Crippen MR) is 161 cm³/mol. The highest BCUT2D eigenvalue weighted by molar-refractivity contribution is 6.00. The van der Waals surface area contributed by atoms with Gasteiger partial charge in [-0.15, -0.1) is 0 Å². The SMILES string of the molecule is COc1c(-c2cccnc2)nc(-c2ccc(NC(=O)Nc3ccc(C4OCCNC4=O)cc3)cc2)nc1N1CCOCC1. The van der Waals surface area contributed by atoms with Crippen molar-refractivity contribution in [1.29, 1.82) is 0 Å². The zero-order valence-corrected chi connectivity index (χ0v) is 23.6. The number of benzene rings is 2. The topological polar surface area (TPSA) is 140 Å². The summed E-state index contributed by atoms with van der Waals surface area (Å²) in [5.41, 5.74) is 4.14. The summed E-state index contributed by atoms with van der Waals surface area (Å²) in [6.45, 7) is 3.54. The Labute approximate surface area is 248 Å². The maximum Gasteiger partial charge on any atom is 0.323 e. The van der Waals surface area contributed by atoms with Crippen LogP contribution in [0.1, 0.15) is 11.7 Å². The maximum absolute atomic E-state index is 12.7. The van der Waals surface area contributed by atoms with Crippen molar-refractivity contribution in [3.05, 3.63) is 78.6 Å². The van der Waals surface area contributed by atoms with E-state index in [1.165, 1.54) is 0 Å².